The maximum Gasteiger partial charge on any atom is 0.338 e. The van der Waals surface area contributed by atoms with Crippen molar-refractivity contribution in [1.82, 2.24) is 0 Å². The summed E-state index contributed by atoms with van der Waals surface area (Å²) < 4.78 is 5.35. The third-order valence-corrected chi connectivity index (χ3v) is 3.00. The van der Waals surface area contributed by atoms with E-state index >= 15 is 0 Å². The molecule has 0 amide bonds. The number of hydrogen-bond donors (Lipinski definition) is 1. The first-order valence-electron chi connectivity index (χ1n) is 6.00. The zero-order valence-electron chi connectivity index (χ0n) is 10.6. The Balaban J connectivity index is 2.63. The van der Waals surface area contributed by atoms with Crippen molar-refractivity contribution in [3.63, 3.8) is 0 Å². The number of esters is 1. The lowest BCUT2D eigenvalue weighted by Crippen LogP contribution is -2.31. The predicted octanol–water partition coefficient (Wildman–Crippen LogP) is 2.64. The molecule has 1 aromatic carbocycles. The van der Waals surface area contributed by atoms with Crippen molar-refractivity contribution >= 4 is 5.97 Å². The Morgan fingerprint density at radius 1 is 1.29 bits per heavy atom. The Bertz CT molecular complexity index is 346. The smallest absolute Gasteiger partial charge is 0.338 e. The van der Waals surface area contributed by atoms with Crippen LogP contribution in [0.1, 0.15) is 37.6 Å². The van der Waals surface area contributed by atoms with Crippen LogP contribution < -0.4 is 0 Å². The number of benzene rings is 1. The summed E-state index contributed by atoms with van der Waals surface area (Å²) in [5.41, 5.74) is 0.541. The van der Waals surface area contributed by atoms with Crippen molar-refractivity contribution in [3.8, 4) is 0 Å². The van der Waals surface area contributed by atoms with Gasteiger partial charge in [0.2, 0.25) is 0 Å². The van der Waals surface area contributed by atoms with Crippen LogP contribution in [0.4, 0.5) is 0 Å². The normalized spacial score (nSPS) is 16.0. The first-order valence-corrected chi connectivity index (χ1v) is 6.00. The summed E-state index contributed by atoms with van der Waals surface area (Å²) in [5.74, 6) is -0.361. The van der Waals surface area contributed by atoms with Crippen molar-refractivity contribution in [2.75, 3.05) is 0 Å². The first-order chi connectivity index (χ1) is 8.06. The molecule has 1 N–H and O–H groups in total. The van der Waals surface area contributed by atoms with Crippen LogP contribution in [-0.4, -0.2) is 23.3 Å². The largest absolute Gasteiger partial charge is 0.459 e. The highest BCUT2D eigenvalue weighted by Gasteiger charge is 2.24. The maximum atomic E-state index is 11.8. The van der Waals surface area contributed by atoms with E-state index in [2.05, 4.69) is 0 Å². The fourth-order valence-electron chi connectivity index (χ4n) is 1.96. The highest BCUT2D eigenvalue weighted by atomic mass is 16.5. The van der Waals surface area contributed by atoms with E-state index in [0.717, 1.165) is 6.42 Å². The lowest BCUT2D eigenvalue weighted by molar-refractivity contribution is -0.00810. The van der Waals surface area contributed by atoms with Crippen LogP contribution in [0.2, 0.25) is 0 Å². The molecule has 0 aromatic heterocycles. The highest BCUT2D eigenvalue weighted by Crippen LogP contribution is 2.18. The number of carbonyl (C=O) groups excluding carboxylic acids is 1. The molecule has 94 valence electrons. The zero-order chi connectivity index (χ0) is 12.8. The second-order valence-electron chi connectivity index (χ2n) is 4.29. The van der Waals surface area contributed by atoms with Crippen LogP contribution in [0.15, 0.2) is 30.3 Å². The molecule has 0 fully saturated rings. The zero-order valence-corrected chi connectivity index (χ0v) is 10.6. The summed E-state index contributed by atoms with van der Waals surface area (Å²) in [5, 5.41) is 9.57. The second-order valence-corrected chi connectivity index (χ2v) is 4.29. The van der Waals surface area contributed by atoms with E-state index in [1.165, 1.54) is 0 Å². The molecule has 1 aromatic rings. The average Bonchev–Trinajstić information content (AvgIpc) is 2.30. The minimum atomic E-state index is -0.474. The summed E-state index contributed by atoms with van der Waals surface area (Å²) in [6.45, 7) is 5.52. The molecule has 0 aliphatic rings. The van der Waals surface area contributed by atoms with Gasteiger partial charge < -0.3 is 9.84 Å². The van der Waals surface area contributed by atoms with Crippen LogP contribution in [0, 0.1) is 5.92 Å². The Morgan fingerprint density at radius 2 is 1.88 bits per heavy atom. The third-order valence-electron chi connectivity index (χ3n) is 3.00. The van der Waals surface area contributed by atoms with Crippen LogP contribution in [-0.2, 0) is 4.74 Å². The first kappa shape index (κ1) is 13.7. The standard InChI is InChI=1S/C14H20O3/c1-4-13(10(2)15)11(3)17-14(16)12-8-6-5-7-9-12/h5-11,13,15H,4H2,1-3H3. The lowest BCUT2D eigenvalue weighted by atomic mass is 9.95. The lowest BCUT2D eigenvalue weighted by Gasteiger charge is -2.25. The van der Waals surface area contributed by atoms with Crippen LogP contribution in [0.5, 0.6) is 0 Å². The number of rotatable bonds is 5. The molecule has 0 spiro atoms. The third kappa shape index (κ3) is 3.86. The average molecular weight is 236 g/mol. The second kappa shape index (κ2) is 6.40. The van der Waals surface area contributed by atoms with Crippen molar-refractivity contribution in [3.05, 3.63) is 35.9 Å². The summed E-state index contributed by atoms with van der Waals surface area (Å²) in [6.07, 6.45) is 0.0206. The molecule has 1 rings (SSSR count). The van der Waals surface area contributed by atoms with Gasteiger partial charge in [-0.2, -0.15) is 0 Å². The fraction of sp³-hybridized carbons (Fsp3) is 0.500. The van der Waals surface area contributed by atoms with E-state index in [4.69, 9.17) is 4.74 Å². The Morgan fingerprint density at radius 3 is 2.35 bits per heavy atom. The molecule has 0 radical (unpaired) electrons. The van der Waals surface area contributed by atoms with Gasteiger partial charge in [0.25, 0.3) is 0 Å². The topological polar surface area (TPSA) is 46.5 Å². The molecule has 0 aliphatic carbocycles. The van der Waals surface area contributed by atoms with Gasteiger partial charge in [-0.3, -0.25) is 0 Å². The number of aliphatic hydroxyl groups excluding tert-OH is 1. The van der Waals surface area contributed by atoms with Crippen molar-refractivity contribution in [2.45, 2.75) is 39.4 Å². The van der Waals surface area contributed by atoms with E-state index in [9.17, 15) is 9.90 Å². The molecule has 0 saturated heterocycles. The Kier molecular flexibility index (Phi) is 5.16. The summed E-state index contributed by atoms with van der Waals surface area (Å²) in [7, 11) is 0. The molecule has 17 heavy (non-hydrogen) atoms. The Labute approximate surface area is 102 Å². The van der Waals surface area contributed by atoms with Crippen molar-refractivity contribution < 1.29 is 14.6 Å². The summed E-state index contributed by atoms with van der Waals surface area (Å²) >= 11 is 0. The van der Waals surface area contributed by atoms with Crippen LogP contribution in [0.3, 0.4) is 0 Å². The van der Waals surface area contributed by atoms with Gasteiger partial charge in [-0.15, -0.1) is 0 Å². The minimum Gasteiger partial charge on any atom is -0.459 e. The maximum absolute atomic E-state index is 11.8. The molecule has 0 aliphatic heterocycles. The molecule has 3 nitrogen and oxygen atoms in total. The number of aliphatic hydroxyl groups is 1. The van der Waals surface area contributed by atoms with Crippen LogP contribution >= 0.6 is 0 Å². The number of hydrogen-bond acceptors (Lipinski definition) is 3. The van der Waals surface area contributed by atoms with Gasteiger partial charge in [-0.25, -0.2) is 4.79 Å². The van der Waals surface area contributed by atoms with Gasteiger partial charge >= 0.3 is 5.97 Å². The molecule has 3 atom stereocenters. The fourth-order valence-corrected chi connectivity index (χ4v) is 1.96. The number of ether oxygens (including phenoxy) is 1. The monoisotopic (exact) mass is 236 g/mol. The van der Waals surface area contributed by atoms with Crippen molar-refractivity contribution in [1.29, 1.82) is 0 Å². The quantitative estimate of drug-likeness (QED) is 0.799. The van der Waals surface area contributed by atoms with Gasteiger partial charge in [0.1, 0.15) is 6.10 Å². The molecule has 0 saturated carbocycles. The van der Waals surface area contributed by atoms with E-state index < -0.39 is 6.10 Å². The van der Waals surface area contributed by atoms with Crippen LogP contribution in [0.25, 0.3) is 0 Å². The van der Waals surface area contributed by atoms with Crippen molar-refractivity contribution in [2.24, 2.45) is 5.92 Å². The summed E-state index contributed by atoms with van der Waals surface area (Å²) in [4.78, 5) is 11.8. The minimum absolute atomic E-state index is 0.0253. The van der Waals surface area contributed by atoms with Gasteiger partial charge in [-0.1, -0.05) is 25.1 Å². The predicted molar refractivity (Wildman–Crippen MR) is 66.8 cm³/mol. The Hall–Kier alpha value is -1.35. The van der Waals surface area contributed by atoms with Gasteiger partial charge in [0, 0.05) is 5.92 Å². The SMILES string of the molecule is CCC(C(C)O)C(C)OC(=O)c1ccccc1. The molecular formula is C14H20O3. The molecule has 0 heterocycles. The van der Waals surface area contributed by atoms with Gasteiger partial charge in [-0.05, 0) is 32.4 Å². The molecule has 3 unspecified atom stereocenters. The summed E-state index contributed by atoms with van der Waals surface area (Å²) in [6, 6.07) is 8.89. The molecular weight excluding hydrogens is 216 g/mol. The molecule has 0 bridgehead atoms. The van der Waals surface area contributed by atoms with E-state index in [1.54, 1.807) is 31.2 Å². The van der Waals surface area contributed by atoms with Gasteiger partial charge in [0.05, 0.1) is 11.7 Å². The van der Waals surface area contributed by atoms with E-state index in [0.29, 0.717) is 5.56 Å². The van der Waals surface area contributed by atoms with Gasteiger partial charge in [0.15, 0.2) is 0 Å². The van der Waals surface area contributed by atoms with E-state index in [1.807, 2.05) is 19.9 Å². The van der Waals surface area contributed by atoms with E-state index in [-0.39, 0.29) is 18.0 Å². The number of carbonyl (C=O) groups is 1. The highest BCUT2D eigenvalue weighted by molar-refractivity contribution is 5.89. The molecule has 3 heteroatoms.